The van der Waals surface area contributed by atoms with E-state index in [0.717, 1.165) is 25.8 Å². The van der Waals surface area contributed by atoms with Crippen LogP contribution in [-0.4, -0.2) is 54.9 Å². The van der Waals surface area contributed by atoms with Gasteiger partial charge in [-0.3, -0.25) is 10.2 Å². The van der Waals surface area contributed by atoms with Crippen molar-refractivity contribution < 1.29 is 22.7 Å². The molecule has 4 nitrogen and oxygen atoms in total. The van der Waals surface area contributed by atoms with Gasteiger partial charge in [0.1, 0.15) is 5.54 Å². The Labute approximate surface area is 116 Å². The van der Waals surface area contributed by atoms with Crippen molar-refractivity contribution in [3.05, 3.63) is 0 Å². The zero-order valence-corrected chi connectivity index (χ0v) is 11.6. The van der Waals surface area contributed by atoms with Gasteiger partial charge in [0.05, 0.1) is 13.2 Å². The number of ether oxygens (including phenoxy) is 1. The summed E-state index contributed by atoms with van der Waals surface area (Å²) in [7, 11) is 0. The summed E-state index contributed by atoms with van der Waals surface area (Å²) in [6.45, 7) is 2.19. The van der Waals surface area contributed by atoms with E-state index >= 15 is 0 Å². The second-order valence-corrected chi connectivity index (χ2v) is 5.46. The van der Waals surface area contributed by atoms with Gasteiger partial charge in [-0.1, -0.05) is 6.42 Å². The van der Waals surface area contributed by atoms with E-state index in [0.29, 0.717) is 13.0 Å². The van der Waals surface area contributed by atoms with Crippen molar-refractivity contribution in [1.82, 2.24) is 10.2 Å². The number of nitrogens with one attached hydrogen (secondary N) is 1. The Kier molecular flexibility index (Phi) is 4.59. The molecule has 7 heteroatoms. The first-order valence-electron chi connectivity index (χ1n) is 7.12. The molecule has 116 valence electrons. The summed E-state index contributed by atoms with van der Waals surface area (Å²) >= 11 is 0. The van der Waals surface area contributed by atoms with Crippen molar-refractivity contribution in [2.24, 2.45) is 0 Å². The molecule has 0 aromatic rings. The molecule has 0 amide bonds. The van der Waals surface area contributed by atoms with Gasteiger partial charge in [0.15, 0.2) is 0 Å². The number of halogens is 3. The molecule has 20 heavy (non-hydrogen) atoms. The largest absolute Gasteiger partial charge is 0.465 e. The molecule has 0 aromatic heterocycles. The smallest absolute Gasteiger partial charge is 0.401 e. The molecule has 0 bridgehead atoms. The van der Waals surface area contributed by atoms with Gasteiger partial charge in [0.25, 0.3) is 0 Å². The lowest BCUT2D eigenvalue weighted by Gasteiger charge is -2.39. The van der Waals surface area contributed by atoms with Gasteiger partial charge in [-0.15, -0.1) is 0 Å². The Hall–Kier alpha value is -0.820. The highest BCUT2D eigenvalue weighted by Crippen LogP contribution is 2.36. The van der Waals surface area contributed by atoms with Crippen LogP contribution in [0.1, 0.15) is 32.6 Å². The topological polar surface area (TPSA) is 41.6 Å². The van der Waals surface area contributed by atoms with Crippen LogP contribution in [0.2, 0.25) is 0 Å². The zero-order chi connectivity index (χ0) is 14.8. The number of hydrogen-bond acceptors (Lipinski definition) is 4. The Morgan fingerprint density at radius 1 is 1.40 bits per heavy atom. The number of esters is 1. The Morgan fingerprint density at radius 3 is 2.80 bits per heavy atom. The van der Waals surface area contributed by atoms with Crippen LogP contribution in [0.25, 0.3) is 0 Å². The molecule has 0 spiro atoms. The van der Waals surface area contributed by atoms with Crippen LogP contribution in [0, 0.1) is 0 Å². The van der Waals surface area contributed by atoms with Gasteiger partial charge < -0.3 is 4.74 Å². The van der Waals surface area contributed by atoms with E-state index in [1.807, 2.05) is 0 Å². The minimum atomic E-state index is -4.33. The number of alkyl halides is 3. The average molecular weight is 294 g/mol. The summed E-state index contributed by atoms with van der Waals surface area (Å²) in [6, 6.07) is -0.183. The fraction of sp³-hybridized carbons (Fsp3) is 0.923. The first-order valence-corrected chi connectivity index (χ1v) is 7.12. The van der Waals surface area contributed by atoms with Crippen LogP contribution in [0.4, 0.5) is 13.2 Å². The predicted molar refractivity (Wildman–Crippen MR) is 67.3 cm³/mol. The average Bonchev–Trinajstić information content (AvgIpc) is 2.76. The number of carbonyl (C=O) groups excluding carboxylic acids is 1. The third-order valence-corrected chi connectivity index (χ3v) is 4.22. The summed E-state index contributed by atoms with van der Waals surface area (Å²) in [4.78, 5) is 14.4. The van der Waals surface area contributed by atoms with Crippen LogP contribution >= 0.6 is 0 Å². The predicted octanol–water partition coefficient (Wildman–Crippen LogP) is 1.70. The minimum Gasteiger partial charge on any atom is -0.465 e. The van der Waals surface area contributed by atoms with E-state index in [2.05, 4.69) is 10.2 Å². The molecule has 2 atom stereocenters. The normalized spacial score (nSPS) is 31.1. The molecule has 1 N–H and O–H groups in total. The van der Waals surface area contributed by atoms with Gasteiger partial charge in [-0.05, 0) is 32.7 Å². The number of carbonyl (C=O) groups is 1. The van der Waals surface area contributed by atoms with Gasteiger partial charge in [0, 0.05) is 12.6 Å². The molecule has 0 aliphatic carbocycles. The summed E-state index contributed by atoms with van der Waals surface area (Å²) in [5.74, 6) is -0.543. The van der Waals surface area contributed by atoms with Crippen molar-refractivity contribution in [3.63, 3.8) is 0 Å². The van der Waals surface area contributed by atoms with E-state index in [9.17, 15) is 18.0 Å². The molecule has 2 saturated heterocycles. The molecule has 0 saturated carbocycles. The second kappa shape index (κ2) is 5.89. The maximum Gasteiger partial charge on any atom is 0.401 e. The minimum absolute atomic E-state index is 0.182. The maximum absolute atomic E-state index is 12.5. The summed E-state index contributed by atoms with van der Waals surface area (Å²) < 4.78 is 42.6. The first kappa shape index (κ1) is 15.6. The number of fused-ring (bicyclic) bond motifs is 1. The van der Waals surface area contributed by atoms with E-state index in [1.165, 1.54) is 0 Å². The number of piperidine rings is 1. The van der Waals surface area contributed by atoms with E-state index in [1.54, 1.807) is 6.92 Å². The van der Waals surface area contributed by atoms with Crippen molar-refractivity contribution in [2.45, 2.75) is 50.4 Å². The molecular weight excluding hydrogens is 273 g/mol. The maximum atomic E-state index is 12.5. The summed E-state index contributed by atoms with van der Waals surface area (Å²) in [5.41, 5.74) is -1.20. The monoisotopic (exact) mass is 294 g/mol. The van der Waals surface area contributed by atoms with E-state index < -0.39 is 24.2 Å². The molecule has 0 aromatic carbocycles. The fourth-order valence-electron chi connectivity index (χ4n) is 3.34. The number of hydrogen-bond donors (Lipinski definition) is 1. The third kappa shape index (κ3) is 3.09. The molecule has 2 heterocycles. The highest BCUT2D eigenvalue weighted by atomic mass is 19.4. The highest BCUT2D eigenvalue weighted by Gasteiger charge is 2.55. The number of rotatable bonds is 4. The van der Waals surface area contributed by atoms with Crippen LogP contribution < -0.4 is 5.32 Å². The summed E-state index contributed by atoms with van der Waals surface area (Å²) in [6.07, 6.45) is -1.23. The van der Waals surface area contributed by atoms with Crippen LogP contribution in [0.5, 0.6) is 0 Å². The third-order valence-electron chi connectivity index (χ3n) is 4.22. The van der Waals surface area contributed by atoms with Crippen LogP contribution in [-0.2, 0) is 9.53 Å². The molecule has 2 aliphatic rings. The second-order valence-electron chi connectivity index (χ2n) is 5.46. The van der Waals surface area contributed by atoms with Gasteiger partial charge in [0.2, 0.25) is 0 Å². The zero-order valence-electron chi connectivity index (χ0n) is 11.6. The Morgan fingerprint density at radius 2 is 2.15 bits per heavy atom. The molecular formula is C13H21F3N2O2. The lowest BCUT2D eigenvalue weighted by atomic mass is 9.85. The molecule has 2 unspecified atom stereocenters. The van der Waals surface area contributed by atoms with Crippen molar-refractivity contribution in [1.29, 1.82) is 0 Å². The summed E-state index contributed by atoms with van der Waals surface area (Å²) in [5, 5.41) is 2.48. The lowest BCUT2D eigenvalue weighted by molar-refractivity contribution is -0.157. The molecule has 0 radical (unpaired) electrons. The number of nitrogens with zero attached hydrogens (tertiary/aromatic N) is 1. The van der Waals surface area contributed by atoms with Crippen molar-refractivity contribution in [3.8, 4) is 0 Å². The van der Waals surface area contributed by atoms with Crippen LogP contribution in [0.3, 0.4) is 0 Å². The van der Waals surface area contributed by atoms with Gasteiger partial charge in [-0.2, -0.15) is 13.2 Å². The molecule has 2 fully saturated rings. The van der Waals surface area contributed by atoms with Crippen molar-refractivity contribution in [2.75, 3.05) is 26.2 Å². The fourth-order valence-corrected chi connectivity index (χ4v) is 3.34. The standard InChI is InChI=1S/C13H21F3N2O2/c1-2-20-11(19)12(17-9-13(14,15)16)6-8-18-7-4-3-5-10(12)18/h10,17H,2-9H2,1H3. The van der Waals surface area contributed by atoms with Gasteiger partial charge in [-0.25, -0.2) is 4.79 Å². The van der Waals surface area contributed by atoms with E-state index in [-0.39, 0.29) is 12.6 Å². The molecule has 2 rings (SSSR count). The Balaban J connectivity index is 2.18. The molecule has 2 aliphatic heterocycles. The van der Waals surface area contributed by atoms with Gasteiger partial charge >= 0.3 is 12.1 Å². The first-order chi connectivity index (χ1) is 9.39. The Bertz CT molecular complexity index is 362. The SMILES string of the molecule is CCOC(=O)C1(NCC(F)(F)F)CCN2CCCCC21. The van der Waals surface area contributed by atoms with Crippen molar-refractivity contribution >= 4 is 5.97 Å². The quantitative estimate of drug-likeness (QED) is 0.801. The van der Waals surface area contributed by atoms with Crippen LogP contribution in [0.15, 0.2) is 0 Å². The van der Waals surface area contributed by atoms with E-state index in [4.69, 9.17) is 4.74 Å². The lowest BCUT2D eigenvalue weighted by Crippen LogP contribution is -2.63. The highest BCUT2D eigenvalue weighted by molar-refractivity contribution is 5.82.